The standard InChI is InChI=1S/C49H76N14O17/c1-23(2)38(46(76)60-30(19-26-11-6-5-7-12-26)43(73)59-32(22-37(68)69)42(72)55-24(3)40(70)57-29(49(79)80)13-8-9-17-50)61-47(77)39(25(4)64)62-44(74)31(21-36(54)67)58-41(71)28(15-16-34(52)65)56-45(75)33-14-10-18-63(33)48(78)27(51)20-35(53)66/h5-7,11-12,23-25,27-33,38-39,64H,8-10,13-22,50-51H2,1-4H3,(H2,52,65)(H2,53,66)(H2,54,67)(H,55,72)(H,56,75)(H,57,70)(H,58,71)(H,59,73)(H,60,76)(H,61,77)(H,62,74)(H,68,69)(H,79,80)/t24-,25+,27-,28-,29-,30-,31-,32-,33-,38-,39-/m0/s1. The van der Waals surface area contributed by atoms with Gasteiger partial charge in [0.15, 0.2) is 0 Å². The molecule has 1 aromatic carbocycles. The number of rotatable bonds is 35. The zero-order chi connectivity index (χ0) is 60.6. The highest BCUT2D eigenvalue weighted by molar-refractivity contribution is 6.00. The number of likely N-dealkylation sites (tertiary alicyclic amines) is 1. The third-order valence-corrected chi connectivity index (χ3v) is 12.5. The second kappa shape index (κ2) is 33.2. The van der Waals surface area contributed by atoms with E-state index in [1.54, 1.807) is 30.3 Å². The Bertz CT molecular complexity index is 2410. The molecule has 0 saturated carbocycles. The third kappa shape index (κ3) is 22.9. The van der Waals surface area contributed by atoms with Gasteiger partial charge in [-0.1, -0.05) is 44.2 Å². The number of nitrogens with two attached hydrogens (primary N) is 5. The molecule has 0 bridgehead atoms. The molecular weight excluding hydrogens is 1060 g/mol. The molecule has 444 valence electrons. The summed E-state index contributed by atoms with van der Waals surface area (Å²) in [6.45, 7) is 5.54. The topological polar surface area (TPSA) is 529 Å². The van der Waals surface area contributed by atoms with Crippen molar-refractivity contribution in [2.24, 2.45) is 34.6 Å². The lowest BCUT2D eigenvalue weighted by Crippen LogP contribution is -2.63. The van der Waals surface area contributed by atoms with Crippen LogP contribution in [0.5, 0.6) is 0 Å². The van der Waals surface area contributed by atoms with Crippen molar-refractivity contribution in [2.45, 2.75) is 165 Å². The average molecular weight is 1130 g/mol. The molecule has 0 spiro atoms. The van der Waals surface area contributed by atoms with Gasteiger partial charge in [0.25, 0.3) is 0 Å². The van der Waals surface area contributed by atoms with E-state index in [1.165, 1.54) is 20.8 Å². The van der Waals surface area contributed by atoms with Crippen molar-refractivity contribution >= 4 is 82.8 Å². The van der Waals surface area contributed by atoms with Crippen LogP contribution in [0.25, 0.3) is 0 Å². The molecule has 1 fully saturated rings. The fourth-order valence-corrected chi connectivity index (χ4v) is 8.17. The summed E-state index contributed by atoms with van der Waals surface area (Å²) in [5.41, 5.74) is 27.6. The molecule has 1 saturated heterocycles. The third-order valence-electron chi connectivity index (χ3n) is 12.5. The Labute approximate surface area is 460 Å². The largest absolute Gasteiger partial charge is 0.481 e. The number of unbranched alkanes of at least 4 members (excludes halogenated alkanes) is 1. The Morgan fingerprint density at radius 3 is 1.65 bits per heavy atom. The predicted molar refractivity (Wildman–Crippen MR) is 279 cm³/mol. The summed E-state index contributed by atoms with van der Waals surface area (Å²) < 4.78 is 0. The molecule has 11 atom stereocenters. The fourth-order valence-electron chi connectivity index (χ4n) is 8.17. The second-order valence-corrected chi connectivity index (χ2v) is 19.5. The van der Waals surface area contributed by atoms with Gasteiger partial charge >= 0.3 is 11.9 Å². The summed E-state index contributed by atoms with van der Waals surface area (Å²) in [5, 5.41) is 48.6. The summed E-state index contributed by atoms with van der Waals surface area (Å²) in [6, 6.07) is -7.89. The molecule has 1 aromatic rings. The number of carbonyl (C=O) groups excluding carboxylic acids is 12. The van der Waals surface area contributed by atoms with Gasteiger partial charge < -0.3 is 91.4 Å². The van der Waals surface area contributed by atoms with Crippen molar-refractivity contribution in [3.8, 4) is 0 Å². The zero-order valence-electron chi connectivity index (χ0n) is 44.9. The molecule has 1 aliphatic rings. The Kier molecular flexibility index (Phi) is 28.1. The minimum Gasteiger partial charge on any atom is -0.481 e. The highest BCUT2D eigenvalue weighted by Crippen LogP contribution is 2.20. The van der Waals surface area contributed by atoms with Gasteiger partial charge in [0.05, 0.1) is 31.4 Å². The normalized spacial score (nSPS) is 16.7. The van der Waals surface area contributed by atoms with E-state index in [0.717, 1.165) is 11.8 Å². The molecular formula is C49H76N14O17. The molecule has 0 unspecified atom stereocenters. The van der Waals surface area contributed by atoms with E-state index in [9.17, 15) is 82.4 Å². The molecule has 2 rings (SSSR count). The van der Waals surface area contributed by atoms with E-state index < -0.39 is 187 Å². The van der Waals surface area contributed by atoms with E-state index in [0.29, 0.717) is 24.8 Å². The van der Waals surface area contributed by atoms with Gasteiger partial charge in [0.2, 0.25) is 70.9 Å². The van der Waals surface area contributed by atoms with E-state index in [1.807, 2.05) is 0 Å². The SMILES string of the molecule is CC(C)[C@H](NC(=O)[C@@H](NC(=O)[C@H](CC(N)=O)NC(=O)[C@H](CCC(N)=O)NC(=O)[C@@H]1CCCN1C(=O)[C@@H](N)CC(N)=O)[C@@H](C)O)C(=O)N[C@@H](Cc1ccccc1)C(=O)N[C@@H](CC(=O)O)C(=O)N[C@@H](C)C(=O)N[C@@H](CCCCN)C(=O)O. The molecule has 0 aliphatic carbocycles. The van der Waals surface area contributed by atoms with Crippen molar-refractivity contribution in [2.75, 3.05) is 13.1 Å². The highest BCUT2D eigenvalue weighted by Gasteiger charge is 2.40. The molecule has 21 N–H and O–H groups in total. The van der Waals surface area contributed by atoms with Crippen LogP contribution in [-0.4, -0.2) is 183 Å². The summed E-state index contributed by atoms with van der Waals surface area (Å²) >= 11 is 0. The molecule has 31 heteroatoms. The van der Waals surface area contributed by atoms with Crippen molar-refractivity contribution in [1.29, 1.82) is 0 Å². The van der Waals surface area contributed by atoms with Crippen molar-refractivity contribution in [3.63, 3.8) is 0 Å². The van der Waals surface area contributed by atoms with Crippen LogP contribution in [0.4, 0.5) is 0 Å². The number of nitrogens with one attached hydrogen (secondary N) is 8. The number of hydrogen-bond acceptors (Lipinski definition) is 17. The van der Waals surface area contributed by atoms with Crippen LogP contribution in [0.2, 0.25) is 0 Å². The number of nitrogens with zero attached hydrogens (tertiary/aromatic N) is 1. The summed E-state index contributed by atoms with van der Waals surface area (Å²) in [5.74, 6) is -16.3. The minimum absolute atomic E-state index is 0.0206. The number of aliphatic carboxylic acids is 2. The molecule has 31 nitrogen and oxygen atoms in total. The van der Waals surface area contributed by atoms with Crippen molar-refractivity contribution in [3.05, 3.63) is 35.9 Å². The number of carboxylic acids is 2. The maximum atomic E-state index is 14.1. The van der Waals surface area contributed by atoms with Crippen LogP contribution in [0.15, 0.2) is 30.3 Å². The number of primary amides is 3. The van der Waals surface area contributed by atoms with E-state index in [4.69, 9.17) is 28.7 Å². The van der Waals surface area contributed by atoms with Gasteiger partial charge in [0.1, 0.15) is 54.4 Å². The number of amides is 12. The maximum absolute atomic E-state index is 14.1. The number of aliphatic hydroxyl groups excluding tert-OH is 1. The molecule has 12 amide bonds. The lowest BCUT2D eigenvalue weighted by atomic mass is 9.99. The molecule has 0 radical (unpaired) electrons. The lowest BCUT2D eigenvalue weighted by molar-refractivity contribution is -0.143. The average Bonchev–Trinajstić information content (AvgIpc) is 3.87. The first-order chi connectivity index (χ1) is 37.5. The van der Waals surface area contributed by atoms with Crippen LogP contribution in [-0.2, 0) is 73.5 Å². The van der Waals surface area contributed by atoms with E-state index in [2.05, 4.69) is 42.5 Å². The Hall–Kier alpha value is -8.32. The number of aliphatic hydroxyl groups is 1. The van der Waals surface area contributed by atoms with Crippen molar-refractivity contribution < 1.29 is 82.4 Å². The Morgan fingerprint density at radius 2 is 1.11 bits per heavy atom. The van der Waals surface area contributed by atoms with Crippen LogP contribution < -0.4 is 71.2 Å². The van der Waals surface area contributed by atoms with Gasteiger partial charge in [-0.15, -0.1) is 0 Å². The lowest BCUT2D eigenvalue weighted by Gasteiger charge is -2.30. The smallest absolute Gasteiger partial charge is 0.326 e. The number of benzene rings is 1. The van der Waals surface area contributed by atoms with Gasteiger partial charge in [-0.05, 0) is 70.4 Å². The predicted octanol–water partition coefficient (Wildman–Crippen LogP) is -6.81. The number of carboxylic acid groups (broad SMARTS) is 2. The molecule has 0 aromatic heterocycles. The summed E-state index contributed by atoms with van der Waals surface area (Å²) in [7, 11) is 0. The van der Waals surface area contributed by atoms with Crippen molar-refractivity contribution in [1.82, 2.24) is 47.4 Å². The van der Waals surface area contributed by atoms with Crippen LogP contribution in [0, 0.1) is 5.92 Å². The quantitative estimate of drug-likeness (QED) is 0.0281. The number of hydrogen-bond donors (Lipinski definition) is 16. The molecule has 1 aliphatic heterocycles. The first kappa shape index (κ1) is 67.8. The van der Waals surface area contributed by atoms with Crippen LogP contribution in [0.3, 0.4) is 0 Å². The first-order valence-electron chi connectivity index (χ1n) is 25.7. The van der Waals surface area contributed by atoms with Crippen LogP contribution >= 0.6 is 0 Å². The second-order valence-electron chi connectivity index (χ2n) is 19.5. The van der Waals surface area contributed by atoms with Gasteiger partial charge in [-0.3, -0.25) is 62.3 Å². The summed E-state index contributed by atoms with van der Waals surface area (Å²) in [6.07, 6.45) is -4.21. The maximum Gasteiger partial charge on any atom is 0.326 e. The monoisotopic (exact) mass is 1130 g/mol. The minimum atomic E-state index is -1.95. The van der Waals surface area contributed by atoms with Gasteiger partial charge in [-0.2, -0.15) is 0 Å². The van der Waals surface area contributed by atoms with Gasteiger partial charge in [-0.25, -0.2) is 4.79 Å². The number of carbonyl (C=O) groups is 14. The Balaban J connectivity index is 2.37. The van der Waals surface area contributed by atoms with Gasteiger partial charge in [0, 0.05) is 19.4 Å². The first-order valence-corrected chi connectivity index (χ1v) is 25.7. The molecule has 1 heterocycles. The summed E-state index contributed by atoms with van der Waals surface area (Å²) in [4.78, 5) is 183. The zero-order valence-corrected chi connectivity index (χ0v) is 44.9. The molecule has 80 heavy (non-hydrogen) atoms. The Morgan fingerprint density at radius 1 is 0.588 bits per heavy atom. The van der Waals surface area contributed by atoms with E-state index in [-0.39, 0.29) is 32.4 Å². The van der Waals surface area contributed by atoms with E-state index >= 15 is 0 Å². The highest BCUT2D eigenvalue weighted by atomic mass is 16.4. The van der Waals surface area contributed by atoms with Crippen LogP contribution in [0.1, 0.15) is 97.5 Å². The fraction of sp³-hybridized carbons (Fsp3) is 0.592.